The third-order valence-electron chi connectivity index (χ3n) is 4.86. The van der Waals surface area contributed by atoms with Crippen LogP contribution in [0.25, 0.3) is 0 Å². The first-order valence-corrected chi connectivity index (χ1v) is 10.5. The number of hydrogen-bond donors (Lipinski definition) is 1. The molecule has 1 saturated heterocycles. The Bertz CT molecular complexity index is 658. The minimum Gasteiger partial charge on any atom is -0.367 e. The molecule has 1 saturated carbocycles. The standard InChI is InChI=1S/C16H22INO4S/c17-14-7-3-2-6-13(14)15-12(11-21-23(18,19)20)10-16(22-15)8-4-1-5-9-16/h2-3,6-7,12,15H,1,4-5,8-11H2,(H2,18,19,20)/t12-,15+/m0/s1. The summed E-state index contributed by atoms with van der Waals surface area (Å²) in [5, 5.41) is 5.01. The van der Waals surface area contributed by atoms with Gasteiger partial charge in [-0.15, -0.1) is 0 Å². The Morgan fingerprint density at radius 2 is 1.96 bits per heavy atom. The highest BCUT2D eigenvalue weighted by atomic mass is 127. The molecule has 2 N–H and O–H groups in total. The fraction of sp³-hybridized carbons (Fsp3) is 0.625. The summed E-state index contributed by atoms with van der Waals surface area (Å²) < 4.78 is 34.9. The Balaban J connectivity index is 1.85. The first kappa shape index (κ1) is 17.6. The van der Waals surface area contributed by atoms with E-state index in [1.165, 1.54) is 19.3 Å². The van der Waals surface area contributed by atoms with Crippen LogP contribution >= 0.6 is 22.6 Å². The van der Waals surface area contributed by atoms with Crippen molar-refractivity contribution in [1.82, 2.24) is 0 Å². The number of halogens is 1. The van der Waals surface area contributed by atoms with Gasteiger partial charge in [0, 0.05) is 9.49 Å². The second-order valence-corrected chi connectivity index (χ2v) is 8.93. The van der Waals surface area contributed by atoms with Crippen LogP contribution in [0.2, 0.25) is 0 Å². The molecule has 0 aromatic heterocycles. The van der Waals surface area contributed by atoms with Crippen LogP contribution in [0.1, 0.15) is 50.2 Å². The van der Waals surface area contributed by atoms with Gasteiger partial charge >= 0.3 is 10.3 Å². The molecule has 2 fully saturated rings. The highest BCUT2D eigenvalue weighted by Gasteiger charge is 2.47. The molecule has 1 heterocycles. The molecule has 0 radical (unpaired) electrons. The van der Waals surface area contributed by atoms with E-state index in [1.807, 2.05) is 18.2 Å². The van der Waals surface area contributed by atoms with Gasteiger partial charge < -0.3 is 4.74 Å². The van der Waals surface area contributed by atoms with E-state index < -0.39 is 10.3 Å². The molecule has 5 nitrogen and oxygen atoms in total. The van der Waals surface area contributed by atoms with Gasteiger partial charge in [-0.2, -0.15) is 8.42 Å². The zero-order valence-corrected chi connectivity index (χ0v) is 15.9. The van der Waals surface area contributed by atoms with Crippen LogP contribution in [0.5, 0.6) is 0 Å². The van der Waals surface area contributed by atoms with E-state index in [4.69, 9.17) is 14.1 Å². The van der Waals surface area contributed by atoms with Crippen molar-refractivity contribution in [2.45, 2.75) is 50.2 Å². The number of benzene rings is 1. The highest BCUT2D eigenvalue weighted by molar-refractivity contribution is 14.1. The van der Waals surface area contributed by atoms with Crippen molar-refractivity contribution in [1.29, 1.82) is 0 Å². The normalized spacial score (nSPS) is 27.4. The fourth-order valence-corrected chi connectivity index (χ4v) is 4.93. The minimum atomic E-state index is -3.93. The summed E-state index contributed by atoms with van der Waals surface area (Å²) in [5.74, 6) is 0.00217. The monoisotopic (exact) mass is 451 g/mol. The number of ether oxygens (including phenoxy) is 1. The Hall–Kier alpha value is -0.220. The largest absolute Gasteiger partial charge is 0.367 e. The molecule has 2 atom stereocenters. The molecule has 1 spiro atoms. The average Bonchev–Trinajstić information content (AvgIpc) is 2.84. The summed E-state index contributed by atoms with van der Waals surface area (Å²) in [6.45, 7) is 0.0796. The van der Waals surface area contributed by atoms with Crippen molar-refractivity contribution in [2.75, 3.05) is 6.61 Å². The Morgan fingerprint density at radius 1 is 1.26 bits per heavy atom. The van der Waals surface area contributed by atoms with Gasteiger partial charge in [-0.05, 0) is 53.5 Å². The van der Waals surface area contributed by atoms with E-state index in [-0.39, 0.29) is 24.2 Å². The lowest BCUT2D eigenvalue weighted by atomic mass is 9.80. The quantitative estimate of drug-likeness (QED) is 0.713. The van der Waals surface area contributed by atoms with Crippen LogP contribution in [0, 0.1) is 9.49 Å². The Kier molecular flexibility index (Phi) is 5.32. The van der Waals surface area contributed by atoms with Gasteiger partial charge in [0.25, 0.3) is 0 Å². The molecule has 7 heteroatoms. The lowest BCUT2D eigenvalue weighted by molar-refractivity contribution is -0.0693. The molecule has 1 aliphatic heterocycles. The first-order valence-electron chi connectivity index (χ1n) is 7.98. The van der Waals surface area contributed by atoms with Crippen molar-refractivity contribution in [3.8, 4) is 0 Å². The van der Waals surface area contributed by atoms with Gasteiger partial charge in [-0.1, -0.05) is 37.5 Å². The zero-order chi connectivity index (χ0) is 16.5. The van der Waals surface area contributed by atoms with Gasteiger partial charge in [-0.25, -0.2) is 5.14 Å². The highest BCUT2D eigenvalue weighted by Crippen LogP contribution is 2.51. The van der Waals surface area contributed by atoms with Crippen molar-refractivity contribution in [3.63, 3.8) is 0 Å². The third-order valence-corrected chi connectivity index (χ3v) is 6.31. The Labute approximate surface area is 151 Å². The smallest absolute Gasteiger partial charge is 0.333 e. The molecular formula is C16H22INO4S. The third kappa shape index (κ3) is 4.25. The summed E-state index contributed by atoms with van der Waals surface area (Å²) in [6.07, 6.45) is 6.36. The molecular weight excluding hydrogens is 429 g/mol. The van der Waals surface area contributed by atoms with Crippen molar-refractivity contribution < 1.29 is 17.3 Å². The van der Waals surface area contributed by atoms with Gasteiger partial charge in [0.15, 0.2) is 0 Å². The van der Waals surface area contributed by atoms with Crippen molar-refractivity contribution in [2.24, 2.45) is 11.1 Å². The summed E-state index contributed by atoms with van der Waals surface area (Å²) >= 11 is 2.30. The van der Waals surface area contributed by atoms with E-state index in [9.17, 15) is 8.42 Å². The average molecular weight is 451 g/mol. The van der Waals surface area contributed by atoms with Gasteiger partial charge in [0.1, 0.15) is 0 Å². The van der Waals surface area contributed by atoms with Gasteiger partial charge in [0.2, 0.25) is 0 Å². The first-order chi connectivity index (χ1) is 10.9. The van der Waals surface area contributed by atoms with Crippen LogP contribution in [0.3, 0.4) is 0 Å². The van der Waals surface area contributed by atoms with Crippen LogP contribution in [-0.2, 0) is 19.2 Å². The van der Waals surface area contributed by atoms with E-state index in [2.05, 4.69) is 28.7 Å². The SMILES string of the molecule is NS(=O)(=O)OC[C@@H]1CC2(CCCCC2)O[C@H]1c1ccccc1I. The topological polar surface area (TPSA) is 78.6 Å². The second-order valence-electron chi connectivity index (χ2n) is 6.55. The van der Waals surface area contributed by atoms with Crippen LogP contribution in [0.15, 0.2) is 24.3 Å². The molecule has 1 aromatic rings. The molecule has 128 valence electrons. The Morgan fingerprint density at radius 3 is 2.61 bits per heavy atom. The molecule has 23 heavy (non-hydrogen) atoms. The molecule has 0 amide bonds. The van der Waals surface area contributed by atoms with Crippen LogP contribution in [-0.4, -0.2) is 20.6 Å². The molecule has 2 aliphatic rings. The predicted octanol–water partition coefficient (Wildman–Crippen LogP) is 3.29. The fourth-order valence-electron chi connectivity index (χ4n) is 3.87. The van der Waals surface area contributed by atoms with E-state index in [0.717, 1.165) is 28.4 Å². The van der Waals surface area contributed by atoms with E-state index in [1.54, 1.807) is 0 Å². The van der Waals surface area contributed by atoms with Gasteiger partial charge in [0.05, 0.1) is 18.3 Å². The molecule has 1 aromatic carbocycles. The number of nitrogens with two attached hydrogens (primary N) is 1. The summed E-state index contributed by atoms with van der Waals surface area (Å²) in [5.41, 5.74) is 0.979. The molecule has 3 rings (SSSR count). The molecule has 0 unspecified atom stereocenters. The summed E-state index contributed by atoms with van der Waals surface area (Å²) in [4.78, 5) is 0. The molecule has 1 aliphatic carbocycles. The van der Waals surface area contributed by atoms with Crippen molar-refractivity contribution in [3.05, 3.63) is 33.4 Å². The van der Waals surface area contributed by atoms with E-state index in [0.29, 0.717) is 0 Å². The number of hydrogen-bond acceptors (Lipinski definition) is 4. The van der Waals surface area contributed by atoms with Crippen LogP contribution < -0.4 is 5.14 Å². The zero-order valence-electron chi connectivity index (χ0n) is 12.9. The van der Waals surface area contributed by atoms with E-state index >= 15 is 0 Å². The number of rotatable bonds is 4. The van der Waals surface area contributed by atoms with Crippen LogP contribution in [0.4, 0.5) is 0 Å². The maximum atomic E-state index is 11.2. The molecule has 0 bridgehead atoms. The predicted molar refractivity (Wildman–Crippen MR) is 96.0 cm³/mol. The minimum absolute atomic E-state index is 0.00217. The lowest BCUT2D eigenvalue weighted by Crippen LogP contribution is -2.31. The maximum Gasteiger partial charge on any atom is 0.333 e. The van der Waals surface area contributed by atoms with Gasteiger partial charge in [-0.3, -0.25) is 4.18 Å². The lowest BCUT2D eigenvalue weighted by Gasteiger charge is -2.33. The second kappa shape index (κ2) is 6.95. The summed E-state index contributed by atoms with van der Waals surface area (Å²) in [6, 6.07) is 8.08. The maximum absolute atomic E-state index is 11.2. The van der Waals surface area contributed by atoms with Crippen molar-refractivity contribution >= 4 is 32.9 Å². The summed E-state index contributed by atoms with van der Waals surface area (Å²) in [7, 11) is -3.93.